The molecule has 162 valence electrons. The lowest BCUT2D eigenvalue weighted by Gasteiger charge is -2.32. The van der Waals surface area contributed by atoms with Gasteiger partial charge in [-0.2, -0.15) is 0 Å². The molecule has 1 atom stereocenters. The van der Waals surface area contributed by atoms with Crippen molar-refractivity contribution in [2.45, 2.75) is 20.0 Å². The average Bonchev–Trinajstić information content (AvgIpc) is 3.17. The summed E-state index contributed by atoms with van der Waals surface area (Å²) >= 11 is 1.34. The fraction of sp³-hybridized carbons (Fsp3) is 0.348. The number of carbonyl (C=O) groups excluding carboxylic acids is 2. The van der Waals surface area contributed by atoms with E-state index >= 15 is 0 Å². The van der Waals surface area contributed by atoms with Gasteiger partial charge < -0.3 is 19.7 Å². The van der Waals surface area contributed by atoms with Crippen molar-refractivity contribution in [1.82, 2.24) is 15.2 Å². The van der Waals surface area contributed by atoms with Crippen molar-refractivity contribution in [2.24, 2.45) is 0 Å². The molecule has 1 aromatic carbocycles. The quantitative estimate of drug-likeness (QED) is 0.596. The molecule has 2 amide bonds. The number of amides is 2. The normalized spacial score (nSPS) is 16.3. The molecule has 31 heavy (non-hydrogen) atoms. The van der Waals surface area contributed by atoms with Gasteiger partial charge in [0, 0.05) is 30.6 Å². The maximum Gasteiger partial charge on any atom is 0.261 e. The molecule has 1 aliphatic heterocycles. The number of aryl methyl sites for hydroxylation is 1. The monoisotopic (exact) mass is 439 g/mol. The number of aromatic nitrogens is 1. The molecule has 1 saturated heterocycles. The van der Waals surface area contributed by atoms with Crippen LogP contribution in [0.4, 0.5) is 0 Å². The molecular weight excluding hydrogens is 414 g/mol. The third-order valence-corrected chi connectivity index (χ3v) is 6.35. The zero-order valence-electron chi connectivity index (χ0n) is 17.6. The molecule has 4 rings (SSSR count). The number of rotatable bonds is 6. The largest absolute Gasteiger partial charge is 0.492 e. The summed E-state index contributed by atoms with van der Waals surface area (Å²) in [4.78, 5) is 32.4. The Morgan fingerprint density at radius 2 is 2.10 bits per heavy atom. The summed E-state index contributed by atoms with van der Waals surface area (Å²) in [5.74, 6) is 0.589. The lowest BCUT2D eigenvalue weighted by Crippen LogP contribution is -2.41. The number of hydrogen-bond donors (Lipinski definition) is 1. The Hall–Kier alpha value is -2.97. The number of morpholine rings is 1. The number of pyridine rings is 1. The van der Waals surface area contributed by atoms with E-state index in [1.807, 2.05) is 43.3 Å². The Kier molecular flexibility index (Phi) is 6.48. The minimum atomic E-state index is -0.361. The number of hydrogen-bond acceptors (Lipinski definition) is 6. The van der Waals surface area contributed by atoms with Gasteiger partial charge in [0.1, 0.15) is 28.2 Å². The van der Waals surface area contributed by atoms with Crippen molar-refractivity contribution >= 4 is 33.4 Å². The number of nitrogens with one attached hydrogen (secondary N) is 1. The zero-order valence-corrected chi connectivity index (χ0v) is 18.4. The van der Waals surface area contributed by atoms with Gasteiger partial charge in [-0.05, 0) is 25.1 Å². The minimum absolute atomic E-state index is 0.00483. The molecule has 2 aromatic heterocycles. The van der Waals surface area contributed by atoms with Crippen LogP contribution < -0.4 is 10.1 Å². The fourth-order valence-corrected chi connectivity index (χ4v) is 4.71. The van der Waals surface area contributed by atoms with Crippen LogP contribution in [0.15, 0.2) is 42.6 Å². The molecule has 1 N–H and O–H groups in total. The Balaban J connectivity index is 1.48. The predicted molar refractivity (Wildman–Crippen MR) is 120 cm³/mol. The van der Waals surface area contributed by atoms with Crippen molar-refractivity contribution in [3.8, 4) is 5.75 Å². The highest BCUT2D eigenvalue weighted by molar-refractivity contribution is 7.20. The maximum absolute atomic E-state index is 13.0. The molecule has 7 nitrogen and oxygen atoms in total. The Morgan fingerprint density at radius 1 is 1.29 bits per heavy atom. The molecule has 0 bridgehead atoms. The van der Waals surface area contributed by atoms with Crippen LogP contribution in [-0.4, -0.2) is 54.5 Å². The number of carbonyl (C=O) groups is 2. The van der Waals surface area contributed by atoms with Gasteiger partial charge in [0.05, 0.1) is 19.7 Å². The van der Waals surface area contributed by atoms with E-state index in [0.717, 1.165) is 21.5 Å². The van der Waals surface area contributed by atoms with E-state index in [2.05, 4.69) is 10.3 Å². The third kappa shape index (κ3) is 4.86. The Bertz CT molecular complexity index is 1080. The SMILES string of the molecule is CC(=O)N1CCO[C@H](c2c(C(=O)NCCOc3ccc(C)cc3)sc3ncccc23)C1. The molecule has 0 spiro atoms. The number of fused-ring (bicyclic) bond motifs is 1. The van der Waals surface area contributed by atoms with Crippen molar-refractivity contribution in [1.29, 1.82) is 0 Å². The molecular formula is C23H25N3O4S. The van der Waals surface area contributed by atoms with Crippen LogP contribution >= 0.6 is 11.3 Å². The van der Waals surface area contributed by atoms with Crippen LogP contribution in [0, 0.1) is 6.92 Å². The lowest BCUT2D eigenvalue weighted by molar-refractivity contribution is -0.136. The number of nitrogens with zero attached hydrogens (tertiary/aromatic N) is 2. The molecule has 0 saturated carbocycles. The highest BCUT2D eigenvalue weighted by Gasteiger charge is 2.30. The van der Waals surface area contributed by atoms with Gasteiger partial charge >= 0.3 is 0 Å². The summed E-state index contributed by atoms with van der Waals surface area (Å²) in [5, 5.41) is 3.83. The molecule has 3 aromatic rings. The first-order valence-electron chi connectivity index (χ1n) is 10.2. The first-order chi connectivity index (χ1) is 15.0. The summed E-state index contributed by atoms with van der Waals surface area (Å²) in [7, 11) is 0. The van der Waals surface area contributed by atoms with Crippen molar-refractivity contribution in [2.75, 3.05) is 32.8 Å². The second-order valence-corrected chi connectivity index (χ2v) is 8.44. The number of benzene rings is 1. The molecule has 0 aliphatic carbocycles. The van der Waals surface area contributed by atoms with Crippen LogP contribution in [0.5, 0.6) is 5.75 Å². The van der Waals surface area contributed by atoms with Crippen LogP contribution in [-0.2, 0) is 9.53 Å². The Labute approximate surface area is 185 Å². The van der Waals surface area contributed by atoms with Gasteiger partial charge in [-0.15, -0.1) is 11.3 Å². The smallest absolute Gasteiger partial charge is 0.261 e. The minimum Gasteiger partial charge on any atom is -0.492 e. The maximum atomic E-state index is 13.0. The summed E-state index contributed by atoms with van der Waals surface area (Å²) in [6.07, 6.45) is 1.35. The number of thiophene rings is 1. The van der Waals surface area contributed by atoms with Gasteiger partial charge in [0.25, 0.3) is 5.91 Å². The first kappa shape index (κ1) is 21.3. The van der Waals surface area contributed by atoms with E-state index in [0.29, 0.717) is 37.7 Å². The summed E-state index contributed by atoms with van der Waals surface area (Å²) in [6, 6.07) is 11.6. The fourth-order valence-electron chi connectivity index (χ4n) is 3.60. The van der Waals surface area contributed by atoms with Crippen LogP contribution in [0.1, 0.15) is 33.8 Å². The van der Waals surface area contributed by atoms with Gasteiger partial charge in [-0.1, -0.05) is 23.8 Å². The zero-order chi connectivity index (χ0) is 21.8. The van der Waals surface area contributed by atoms with E-state index in [4.69, 9.17) is 9.47 Å². The summed E-state index contributed by atoms with van der Waals surface area (Å²) < 4.78 is 11.7. The van der Waals surface area contributed by atoms with E-state index in [-0.39, 0.29) is 17.9 Å². The molecule has 1 aliphatic rings. The first-order valence-corrected chi connectivity index (χ1v) is 11.1. The van der Waals surface area contributed by atoms with E-state index in [1.54, 1.807) is 18.0 Å². The average molecular weight is 440 g/mol. The van der Waals surface area contributed by atoms with Crippen molar-refractivity contribution in [3.63, 3.8) is 0 Å². The summed E-state index contributed by atoms with van der Waals surface area (Å²) in [5.41, 5.74) is 1.97. The van der Waals surface area contributed by atoms with Crippen LogP contribution in [0.25, 0.3) is 10.2 Å². The third-order valence-electron chi connectivity index (χ3n) is 5.22. The second kappa shape index (κ2) is 9.45. The standard InChI is InChI=1S/C23H25N3O4S/c1-15-5-7-17(8-6-15)29-12-10-24-22(28)21-20(18-4-3-9-25-23(18)31-21)19-14-26(16(2)27)11-13-30-19/h3-9,19H,10-14H2,1-2H3,(H,24,28)/t19-/m0/s1. The Morgan fingerprint density at radius 3 is 2.87 bits per heavy atom. The van der Waals surface area contributed by atoms with Crippen molar-refractivity contribution < 1.29 is 19.1 Å². The second-order valence-electron chi connectivity index (χ2n) is 7.44. The van der Waals surface area contributed by atoms with Gasteiger partial charge in [-0.3, -0.25) is 9.59 Å². The van der Waals surface area contributed by atoms with E-state index in [9.17, 15) is 9.59 Å². The van der Waals surface area contributed by atoms with Crippen LogP contribution in [0.2, 0.25) is 0 Å². The topological polar surface area (TPSA) is 80.8 Å². The predicted octanol–water partition coefficient (Wildman–Crippen LogP) is 3.33. The number of ether oxygens (including phenoxy) is 2. The highest BCUT2D eigenvalue weighted by Crippen LogP contribution is 2.37. The van der Waals surface area contributed by atoms with Crippen LogP contribution in [0.3, 0.4) is 0 Å². The summed E-state index contributed by atoms with van der Waals surface area (Å²) in [6.45, 7) is 5.74. The van der Waals surface area contributed by atoms with Gasteiger partial charge in [0.2, 0.25) is 5.91 Å². The highest BCUT2D eigenvalue weighted by atomic mass is 32.1. The molecule has 1 fully saturated rings. The molecule has 0 radical (unpaired) electrons. The molecule has 0 unspecified atom stereocenters. The van der Waals surface area contributed by atoms with Crippen molar-refractivity contribution in [3.05, 3.63) is 58.6 Å². The van der Waals surface area contributed by atoms with Gasteiger partial charge in [0.15, 0.2) is 0 Å². The van der Waals surface area contributed by atoms with E-state index in [1.165, 1.54) is 16.9 Å². The molecule has 8 heteroatoms. The lowest BCUT2D eigenvalue weighted by atomic mass is 10.0. The molecule has 3 heterocycles. The van der Waals surface area contributed by atoms with Gasteiger partial charge in [-0.25, -0.2) is 4.98 Å². The van der Waals surface area contributed by atoms with E-state index < -0.39 is 0 Å².